The van der Waals surface area contributed by atoms with Crippen molar-refractivity contribution in [3.63, 3.8) is 0 Å². The normalized spacial score (nSPS) is 22.2. The highest BCUT2D eigenvalue weighted by molar-refractivity contribution is 5.90. The van der Waals surface area contributed by atoms with Crippen LogP contribution in [0.4, 0.5) is 10.5 Å². The molecule has 154 valence electrons. The highest BCUT2D eigenvalue weighted by Crippen LogP contribution is 2.53. The molecule has 1 aromatic carbocycles. The molecule has 2 aromatic rings. The molecule has 2 amide bonds. The van der Waals surface area contributed by atoms with Gasteiger partial charge < -0.3 is 24.3 Å². The first-order valence-electron chi connectivity index (χ1n) is 10.5. The van der Waals surface area contributed by atoms with Crippen LogP contribution in [0.15, 0.2) is 24.5 Å². The number of ether oxygens (including phenoxy) is 2. The van der Waals surface area contributed by atoms with Gasteiger partial charge in [-0.3, -0.25) is 0 Å². The van der Waals surface area contributed by atoms with Gasteiger partial charge in [-0.05, 0) is 37.3 Å². The van der Waals surface area contributed by atoms with Crippen LogP contribution in [0.1, 0.15) is 44.3 Å². The van der Waals surface area contributed by atoms with Crippen molar-refractivity contribution in [3.8, 4) is 11.5 Å². The quantitative estimate of drug-likeness (QED) is 0.860. The molecule has 8 nitrogen and oxygen atoms in total. The summed E-state index contributed by atoms with van der Waals surface area (Å²) in [4.78, 5) is 15.0. The summed E-state index contributed by atoms with van der Waals surface area (Å²) >= 11 is 0. The van der Waals surface area contributed by atoms with E-state index in [2.05, 4.69) is 27.0 Å². The summed E-state index contributed by atoms with van der Waals surface area (Å²) in [6.45, 7) is 5.48. The Bertz CT molecular complexity index is 905. The Morgan fingerprint density at radius 2 is 2.03 bits per heavy atom. The molecule has 1 atom stereocenters. The van der Waals surface area contributed by atoms with E-state index in [0.29, 0.717) is 25.5 Å². The fourth-order valence-corrected chi connectivity index (χ4v) is 5.17. The van der Waals surface area contributed by atoms with Gasteiger partial charge in [0.1, 0.15) is 25.4 Å². The standard InChI is InChI=1S/C21H27N5O3/c1-2-25-14-22-24-19(25)16-12-26(13-21(16)7-3-4-8-21)20(27)23-15-5-6-17-18(11-15)29-10-9-28-17/h5-6,11,14,16H,2-4,7-10,12-13H2,1H3,(H,23,27). The zero-order chi connectivity index (χ0) is 19.8. The summed E-state index contributed by atoms with van der Waals surface area (Å²) in [5, 5.41) is 11.6. The molecule has 29 heavy (non-hydrogen) atoms. The number of nitrogens with zero attached hydrogens (tertiary/aromatic N) is 4. The number of carbonyl (C=O) groups is 1. The minimum Gasteiger partial charge on any atom is -0.486 e. The molecular formula is C21H27N5O3. The smallest absolute Gasteiger partial charge is 0.321 e. The van der Waals surface area contributed by atoms with Gasteiger partial charge in [-0.25, -0.2) is 4.79 Å². The van der Waals surface area contributed by atoms with Crippen LogP contribution in [0.5, 0.6) is 11.5 Å². The summed E-state index contributed by atoms with van der Waals surface area (Å²) in [5.74, 6) is 2.65. The lowest BCUT2D eigenvalue weighted by Gasteiger charge is -2.29. The van der Waals surface area contributed by atoms with E-state index in [1.54, 1.807) is 6.33 Å². The zero-order valence-corrected chi connectivity index (χ0v) is 16.8. The number of carbonyl (C=O) groups excluding carboxylic acids is 1. The summed E-state index contributed by atoms with van der Waals surface area (Å²) in [7, 11) is 0. The van der Waals surface area contributed by atoms with E-state index in [-0.39, 0.29) is 17.4 Å². The Morgan fingerprint density at radius 1 is 1.24 bits per heavy atom. The van der Waals surface area contributed by atoms with Crippen LogP contribution in [0.2, 0.25) is 0 Å². The topological polar surface area (TPSA) is 81.5 Å². The third-order valence-corrected chi connectivity index (χ3v) is 6.63. The number of rotatable bonds is 3. The Balaban J connectivity index is 1.35. The first-order valence-corrected chi connectivity index (χ1v) is 10.5. The second kappa shape index (κ2) is 7.24. The SMILES string of the molecule is CCn1cnnc1C1CN(C(=O)Nc2ccc3c(c2)OCCO3)CC12CCCC2. The van der Waals surface area contributed by atoms with Crippen LogP contribution in [0.3, 0.4) is 0 Å². The molecule has 1 aliphatic carbocycles. The van der Waals surface area contributed by atoms with Gasteiger partial charge in [-0.15, -0.1) is 10.2 Å². The lowest BCUT2D eigenvalue weighted by atomic mass is 9.76. The molecule has 1 aromatic heterocycles. The van der Waals surface area contributed by atoms with Crippen LogP contribution in [-0.4, -0.2) is 52.0 Å². The summed E-state index contributed by atoms with van der Waals surface area (Å²) in [6.07, 6.45) is 6.52. The van der Waals surface area contributed by atoms with Crippen LogP contribution in [-0.2, 0) is 6.54 Å². The van der Waals surface area contributed by atoms with Gasteiger partial charge in [0.25, 0.3) is 0 Å². The van der Waals surface area contributed by atoms with Crippen LogP contribution in [0, 0.1) is 5.41 Å². The van der Waals surface area contributed by atoms with Crippen molar-refractivity contribution in [2.24, 2.45) is 5.41 Å². The van der Waals surface area contributed by atoms with Crippen LogP contribution >= 0.6 is 0 Å². The second-order valence-electron chi connectivity index (χ2n) is 8.27. The fraction of sp³-hybridized carbons (Fsp3) is 0.571. The molecule has 5 rings (SSSR count). The summed E-state index contributed by atoms with van der Waals surface area (Å²) in [6, 6.07) is 5.47. The average Bonchev–Trinajstić information content (AvgIpc) is 3.48. The maximum atomic E-state index is 13.1. The first kappa shape index (κ1) is 18.3. The molecule has 1 unspecified atom stereocenters. The van der Waals surface area contributed by atoms with Crippen molar-refractivity contribution in [1.29, 1.82) is 0 Å². The van der Waals surface area contributed by atoms with Crippen molar-refractivity contribution in [3.05, 3.63) is 30.4 Å². The number of anilines is 1. The van der Waals surface area contributed by atoms with Crippen molar-refractivity contribution in [2.75, 3.05) is 31.6 Å². The third-order valence-electron chi connectivity index (χ3n) is 6.63. The number of hydrogen-bond donors (Lipinski definition) is 1. The molecule has 1 N–H and O–H groups in total. The monoisotopic (exact) mass is 397 g/mol. The van der Waals surface area contributed by atoms with E-state index in [0.717, 1.165) is 43.2 Å². The summed E-state index contributed by atoms with van der Waals surface area (Å²) < 4.78 is 13.3. The molecule has 3 heterocycles. The van der Waals surface area contributed by atoms with Crippen molar-refractivity contribution in [1.82, 2.24) is 19.7 Å². The Morgan fingerprint density at radius 3 is 2.83 bits per heavy atom. The highest BCUT2D eigenvalue weighted by Gasteiger charge is 2.51. The number of likely N-dealkylation sites (tertiary alicyclic amines) is 1. The van der Waals surface area contributed by atoms with Gasteiger partial charge >= 0.3 is 6.03 Å². The van der Waals surface area contributed by atoms with E-state index in [9.17, 15) is 4.79 Å². The molecule has 1 spiro atoms. The lowest BCUT2D eigenvalue weighted by molar-refractivity contribution is 0.171. The minimum atomic E-state index is -0.0713. The number of nitrogens with one attached hydrogen (secondary N) is 1. The van der Waals surface area contributed by atoms with E-state index in [4.69, 9.17) is 9.47 Å². The molecule has 3 aliphatic rings. The number of fused-ring (bicyclic) bond motifs is 1. The average molecular weight is 397 g/mol. The molecule has 8 heteroatoms. The number of hydrogen-bond acceptors (Lipinski definition) is 5. The number of benzene rings is 1. The molecule has 0 bridgehead atoms. The minimum absolute atomic E-state index is 0.0713. The van der Waals surface area contributed by atoms with E-state index < -0.39 is 0 Å². The Hall–Kier alpha value is -2.77. The molecule has 2 fully saturated rings. The maximum Gasteiger partial charge on any atom is 0.321 e. The second-order valence-corrected chi connectivity index (χ2v) is 8.27. The van der Waals surface area contributed by atoms with Crippen molar-refractivity contribution in [2.45, 2.75) is 45.1 Å². The van der Waals surface area contributed by atoms with E-state index in [1.807, 2.05) is 23.1 Å². The van der Waals surface area contributed by atoms with E-state index in [1.165, 1.54) is 12.8 Å². The molecular weight excluding hydrogens is 370 g/mol. The fourth-order valence-electron chi connectivity index (χ4n) is 5.17. The summed E-state index contributed by atoms with van der Waals surface area (Å²) in [5.41, 5.74) is 0.837. The van der Waals surface area contributed by atoms with Gasteiger partial charge in [0.15, 0.2) is 11.5 Å². The van der Waals surface area contributed by atoms with Crippen molar-refractivity contribution < 1.29 is 14.3 Å². The Labute approximate surface area is 170 Å². The zero-order valence-electron chi connectivity index (χ0n) is 16.8. The number of aryl methyl sites for hydroxylation is 1. The van der Waals surface area contributed by atoms with Gasteiger partial charge in [0.05, 0.1) is 0 Å². The number of aromatic nitrogens is 3. The van der Waals surface area contributed by atoms with Crippen LogP contribution in [0.25, 0.3) is 0 Å². The van der Waals surface area contributed by atoms with Crippen LogP contribution < -0.4 is 14.8 Å². The predicted octanol–water partition coefficient (Wildman–Crippen LogP) is 3.26. The van der Waals surface area contributed by atoms with Gasteiger partial charge in [0, 0.05) is 37.3 Å². The van der Waals surface area contributed by atoms with Gasteiger partial charge in [-0.1, -0.05) is 12.8 Å². The number of amides is 2. The molecule has 2 aliphatic heterocycles. The molecule has 1 saturated carbocycles. The molecule has 1 saturated heterocycles. The van der Waals surface area contributed by atoms with Gasteiger partial charge in [-0.2, -0.15) is 0 Å². The lowest BCUT2D eigenvalue weighted by Crippen LogP contribution is -2.34. The van der Waals surface area contributed by atoms with E-state index >= 15 is 0 Å². The largest absolute Gasteiger partial charge is 0.486 e. The van der Waals surface area contributed by atoms with Crippen molar-refractivity contribution >= 4 is 11.7 Å². The number of urea groups is 1. The molecule has 0 radical (unpaired) electrons. The maximum absolute atomic E-state index is 13.1. The van der Waals surface area contributed by atoms with Gasteiger partial charge in [0.2, 0.25) is 0 Å². The third kappa shape index (κ3) is 3.20. The Kier molecular flexibility index (Phi) is 4.56. The predicted molar refractivity (Wildman–Crippen MR) is 107 cm³/mol. The first-order chi connectivity index (χ1) is 14.2. The highest BCUT2D eigenvalue weighted by atomic mass is 16.6.